The fraction of sp³-hybridized carbons (Fsp3) is 0.500. The van der Waals surface area contributed by atoms with Gasteiger partial charge in [0.1, 0.15) is 0 Å². The Morgan fingerprint density at radius 3 is 3.18 bits per heavy atom. The number of nitrogen functional groups attached to an aromatic ring is 1. The molecule has 3 heterocycles. The van der Waals surface area contributed by atoms with Gasteiger partial charge in [-0.1, -0.05) is 6.92 Å². The van der Waals surface area contributed by atoms with Gasteiger partial charge in [0, 0.05) is 0 Å². The molecule has 1 aliphatic heterocycles. The van der Waals surface area contributed by atoms with E-state index in [2.05, 4.69) is 21.9 Å². The molecule has 3 rings (SSSR count). The van der Waals surface area contributed by atoms with Crippen molar-refractivity contribution in [3.8, 4) is 0 Å². The van der Waals surface area contributed by atoms with Crippen LogP contribution in [0.1, 0.15) is 31.6 Å². The highest BCUT2D eigenvalue weighted by Gasteiger charge is 2.27. The smallest absolute Gasteiger partial charge is 0.168 e. The maximum absolute atomic E-state index is 5.74. The number of hydrogen-bond acceptors (Lipinski definition) is 4. The van der Waals surface area contributed by atoms with Crippen molar-refractivity contribution in [1.29, 1.82) is 0 Å². The molecular weight excluding hydrogens is 214 g/mol. The normalized spacial score (nSPS) is 21.4. The summed E-state index contributed by atoms with van der Waals surface area (Å²) in [7, 11) is 0. The second-order valence-corrected chi connectivity index (χ2v) is 4.52. The summed E-state index contributed by atoms with van der Waals surface area (Å²) in [5.74, 6) is 0.926. The summed E-state index contributed by atoms with van der Waals surface area (Å²) in [6.45, 7) is 4.40. The molecule has 0 bridgehead atoms. The molecule has 1 saturated heterocycles. The molecule has 2 N–H and O–H groups in total. The van der Waals surface area contributed by atoms with E-state index in [-0.39, 0.29) is 0 Å². The molecule has 2 aromatic heterocycles. The lowest BCUT2D eigenvalue weighted by atomic mass is 10.2. The molecule has 1 unspecified atom stereocenters. The van der Waals surface area contributed by atoms with Crippen LogP contribution >= 0.6 is 0 Å². The van der Waals surface area contributed by atoms with Crippen LogP contribution in [0.2, 0.25) is 0 Å². The van der Waals surface area contributed by atoms with Crippen LogP contribution < -0.4 is 5.73 Å². The van der Waals surface area contributed by atoms with Crippen molar-refractivity contribution in [1.82, 2.24) is 19.5 Å². The van der Waals surface area contributed by atoms with Crippen molar-refractivity contribution in [2.75, 3.05) is 18.8 Å². The monoisotopic (exact) mass is 231 g/mol. The van der Waals surface area contributed by atoms with E-state index in [1.165, 1.54) is 6.42 Å². The zero-order chi connectivity index (χ0) is 11.8. The highest BCUT2D eigenvalue weighted by molar-refractivity contribution is 5.46. The number of likely N-dealkylation sites (tertiary alicyclic amines) is 1. The van der Waals surface area contributed by atoms with E-state index >= 15 is 0 Å². The largest absolute Gasteiger partial charge is 0.397 e. The SMILES string of the molecule is CCN1CCCC1c1nc2ccc(N)cn2n1. The zero-order valence-corrected chi connectivity index (χ0v) is 10.0. The first-order valence-electron chi connectivity index (χ1n) is 6.14. The predicted molar refractivity (Wildman–Crippen MR) is 66.6 cm³/mol. The topological polar surface area (TPSA) is 59.5 Å². The molecule has 1 atom stereocenters. The molecule has 17 heavy (non-hydrogen) atoms. The lowest BCUT2D eigenvalue weighted by Crippen LogP contribution is -2.23. The Kier molecular flexibility index (Phi) is 2.48. The molecule has 0 aromatic carbocycles. The van der Waals surface area contributed by atoms with E-state index in [0.29, 0.717) is 11.7 Å². The molecule has 0 saturated carbocycles. The van der Waals surface area contributed by atoms with Crippen LogP contribution in [-0.4, -0.2) is 32.6 Å². The third kappa shape index (κ3) is 1.76. The standard InChI is InChI=1S/C12H17N5/c1-2-16-7-3-4-10(16)12-14-11-6-5-9(13)8-17(11)15-12/h5-6,8,10H,2-4,7,13H2,1H3. The Balaban J connectivity index is 2.00. The quantitative estimate of drug-likeness (QED) is 0.850. The van der Waals surface area contributed by atoms with E-state index < -0.39 is 0 Å². The van der Waals surface area contributed by atoms with Crippen molar-refractivity contribution >= 4 is 11.3 Å². The Labute approximate surface area is 100 Å². The molecule has 0 spiro atoms. The maximum atomic E-state index is 5.74. The van der Waals surface area contributed by atoms with Gasteiger partial charge < -0.3 is 5.73 Å². The second kappa shape index (κ2) is 4.00. The number of aromatic nitrogens is 3. The lowest BCUT2D eigenvalue weighted by Gasteiger charge is -2.19. The molecule has 90 valence electrons. The number of rotatable bonds is 2. The fourth-order valence-corrected chi connectivity index (χ4v) is 2.55. The van der Waals surface area contributed by atoms with Gasteiger partial charge in [-0.15, -0.1) is 5.10 Å². The minimum absolute atomic E-state index is 0.376. The van der Waals surface area contributed by atoms with Crippen molar-refractivity contribution in [3.05, 3.63) is 24.2 Å². The van der Waals surface area contributed by atoms with Crippen LogP contribution in [0.25, 0.3) is 5.65 Å². The van der Waals surface area contributed by atoms with Gasteiger partial charge in [-0.05, 0) is 38.1 Å². The molecule has 5 heteroatoms. The van der Waals surface area contributed by atoms with Crippen LogP contribution in [0, 0.1) is 0 Å². The molecule has 0 amide bonds. The third-order valence-electron chi connectivity index (χ3n) is 3.44. The van der Waals surface area contributed by atoms with E-state index in [1.54, 1.807) is 4.52 Å². The van der Waals surface area contributed by atoms with E-state index in [1.807, 2.05) is 18.3 Å². The minimum Gasteiger partial charge on any atom is -0.397 e. The minimum atomic E-state index is 0.376. The van der Waals surface area contributed by atoms with Crippen LogP contribution in [-0.2, 0) is 0 Å². The Morgan fingerprint density at radius 1 is 1.47 bits per heavy atom. The Morgan fingerprint density at radius 2 is 2.35 bits per heavy atom. The highest BCUT2D eigenvalue weighted by atomic mass is 15.3. The van der Waals surface area contributed by atoms with Gasteiger partial charge >= 0.3 is 0 Å². The average molecular weight is 231 g/mol. The maximum Gasteiger partial charge on any atom is 0.168 e. The van der Waals surface area contributed by atoms with Crippen molar-refractivity contribution < 1.29 is 0 Å². The van der Waals surface area contributed by atoms with Gasteiger partial charge in [-0.2, -0.15) is 0 Å². The van der Waals surface area contributed by atoms with Crippen molar-refractivity contribution in [2.24, 2.45) is 0 Å². The summed E-state index contributed by atoms with van der Waals surface area (Å²) in [6, 6.07) is 4.15. The van der Waals surface area contributed by atoms with Gasteiger partial charge in [0.05, 0.1) is 17.9 Å². The summed E-state index contributed by atoms with van der Waals surface area (Å²) < 4.78 is 1.77. The van der Waals surface area contributed by atoms with Gasteiger partial charge in [0.25, 0.3) is 0 Å². The molecule has 1 fully saturated rings. The molecule has 0 aliphatic carbocycles. The average Bonchev–Trinajstić information content (AvgIpc) is 2.93. The van der Waals surface area contributed by atoms with Gasteiger partial charge in [-0.3, -0.25) is 4.90 Å². The number of anilines is 1. The van der Waals surface area contributed by atoms with Gasteiger partial charge in [0.2, 0.25) is 0 Å². The Bertz CT molecular complexity index is 533. The van der Waals surface area contributed by atoms with Crippen molar-refractivity contribution in [3.63, 3.8) is 0 Å². The number of nitrogens with two attached hydrogens (primary N) is 1. The first-order valence-corrected chi connectivity index (χ1v) is 6.14. The number of pyridine rings is 1. The first-order chi connectivity index (χ1) is 8.28. The van der Waals surface area contributed by atoms with Gasteiger partial charge in [-0.25, -0.2) is 9.50 Å². The van der Waals surface area contributed by atoms with E-state index in [0.717, 1.165) is 31.0 Å². The summed E-state index contributed by atoms with van der Waals surface area (Å²) in [4.78, 5) is 7.02. The zero-order valence-electron chi connectivity index (χ0n) is 10.0. The summed E-state index contributed by atoms with van der Waals surface area (Å²) >= 11 is 0. The number of hydrogen-bond donors (Lipinski definition) is 1. The number of fused-ring (bicyclic) bond motifs is 1. The number of nitrogens with zero attached hydrogens (tertiary/aromatic N) is 4. The van der Waals surface area contributed by atoms with Crippen LogP contribution in [0.3, 0.4) is 0 Å². The second-order valence-electron chi connectivity index (χ2n) is 4.52. The Hall–Kier alpha value is -1.62. The molecule has 0 radical (unpaired) electrons. The lowest BCUT2D eigenvalue weighted by molar-refractivity contribution is 0.262. The molecule has 2 aromatic rings. The van der Waals surface area contributed by atoms with Crippen LogP contribution in [0.5, 0.6) is 0 Å². The highest BCUT2D eigenvalue weighted by Crippen LogP contribution is 2.29. The predicted octanol–water partition coefficient (Wildman–Crippen LogP) is 1.47. The van der Waals surface area contributed by atoms with Crippen LogP contribution in [0.15, 0.2) is 18.3 Å². The summed E-state index contributed by atoms with van der Waals surface area (Å²) in [5, 5.41) is 4.54. The molecule has 5 nitrogen and oxygen atoms in total. The third-order valence-corrected chi connectivity index (χ3v) is 3.44. The van der Waals surface area contributed by atoms with Gasteiger partial charge in [0.15, 0.2) is 11.5 Å². The molecular formula is C12H17N5. The molecule has 1 aliphatic rings. The fourth-order valence-electron chi connectivity index (χ4n) is 2.55. The van der Waals surface area contributed by atoms with Crippen molar-refractivity contribution in [2.45, 2.75) is 25.8 Å². The van der Waals surface area contributed by atoms with E-state index in [4.69, 9.17) is 5.73 Å². The first kappa shape index (κ1) is 10.5. The summed E-state index contributed by atoms with van der Waals surface area (Å²) in [6.07, 6.45) is 4.20. The summed E-state index contributed by atoms with van der Waals surface area (Å²) in [5.41, 5.74) is 7.33. The van der Waals surface area contributed by atoms with E-state index in [9.17, 15) is 0 Å². The van der Waals surface area contributed by atoms with Crippen LogP contribution in [0.4, 0.5) is 5.69 Å².